The second-order valence-corrected chi connectivity index (χ2v) is 6.34. The van der Waals surface area contributed by atoms with Crippen molar-refractivity contribution in [2.45, 2.75) is 17.8 Å². The fourth-order valence-corrected chi connectivity index (χ4v) is 2.61. The van der Waals surface area contributed by atoms with Gasteiger partial charge in [0.15, 0.2) is 0 Å². The number of alkyl halides is 1. The molecular weight excluding hydrogens is 310 g/mol. The first-order valence-electron chi connectivity index (χ1n) is 5.71. The fraction of sp³-hybridized carbons (Fsp3) is 0.214. The Morgan fingerprint density at radius 3 is 2.50 bits per heavy atom. The van der Waals surface area contributed by atoms with Crippen LogP contribution in [0.25, 0.3) is 0 Å². The minimum Gasteiger partial charge on any atom is -0.343 e. The summed E-state index contributed by atoms with van der Waals surface area (Å²) < 4.78 is 0. The molecule has 2 atom stereocenters. The molecule has 0 radical (unpaired) electrons. The van der Waals surface area contributed by atoms with E-state index >= 15 is 0 Å². The lowest BCUT2D eigenvalue weighted by Crippen LogP contribution is -2.33. The van der Waals surface area contributed by atoms with Crippen LogP contribution >= 0.6 is 27.3 Å². The molecular formula is C14H14BrNOS. The number of hydrogen-bond acceptors (Lipinski definition) is 2. The van der Waals surface area contributed by atoms with Crippen LogP contribution < -0.4 is 5.32 Å². The van der Waals surface area contributed by atoms with Crippen molar-refractivity contribution in [1.29, 1.82) is 0 Å². The van der Waals surface area contributed by atoms with Gasteiger partial charge in [0, 0.05) is 4.88 Å². The van der Waals surface area contributed by atoms with E-state index < -0.39 is 0 Å². The van der Waals surface area contributed by atoms with E-state index in [-0.39, 0.29) is 16.8 Å². The van der Waals surface area contributed by atoms with Crippen molar-refractivity contribution >= 4 is 33.2 Å². The molecule has 0 aliphatic carbocycles. The summed E-state index contributed by atoms with van der Waals surface area (Å²) in [4.78, 5) is 12.8. The third-order valence-electron chi connectivity index (χ3n) is 2.61. The number of hydrogen-bond donors (Lipinski definition) is 1. The summed E-state index contributed by atoms with van der Waals surface area (Å²) in [5.74, 6) is -0.00254. The molecule has 1 N–H and O–H groups in total. The number of thiophene rings is 1. The maximum absolute atomic E-state index is 11.9. The number of benzene rings is 1. The van der Waals surface area contributed by atoms with Crippen LogP contribution in [0.15, 0.2) is 47.8 Å². The molecule has 2 aromatic rings. The van der Waals surface area contributed by atoms with Crippen LogP contribution in [-0.4, -0.2) is 10.7 Å². The Morgan fingerprint density at radius 1 is 1.22 bits per heavy atom. The summed E-state index contributed by atoms with van der Waals surface area (Å²) in [6.45, 7) is 1.83. The van der Waals surface area contributed by atoms with Gasteiger partial charge in [-0.25, -0.2) is 0 Å². The van der Waals surface area contributed by atoms with Crippen molar-refractivity contribution in [3.8, 4) is 0 Å². The Kier molecular flexibility index (Phi) is 4.55. The quantitative estimate of drug-likeness (QED) is 0.853. The number of carbonyl (C=O) groups excluding carboxylic acids is 1. The normalized spacial score (nSPS) is 13.9. The summed E-state index contributed by atoms with van der Waals surface area (Å²) in [7, 11) is 0. The number of amides is 1. The summed E-state index contributed by atoms with van der Waals surface area (Å²) in [6.07, 6.45) is 0. The van der Waals surface area contributed by atoms with Crippen LogP contribution in [0, 0.1) is 0 Å². The molecule has 18 heavy (non-hydrogen) atoms. The predicted molar refractivity (Wildman–Crippen MR) is 79.1 cm³/mol. The van der Waals surface area contributed by atoms with Crippen LogP contribution in [0.1, 0.15) is 23.4 Å². The molecule has 1 aromatic heterocycles. The van der Waals surface area contributed by atoms with Gasteiger partial charge in [-0.3, -0.25) is 4.79 Å². The summed E-state index contributed by atoms with van der Waals surface area (Å²) in [5, 5.41) is 5.08. The first-order valence-corrected chi connectivity index (χ1v) is 7.51. The third kappa shape index (κ3) is 3.21. The second kappa shape index (κ2) is 6.16. The van der Waals surface area contributed by atoms with Gasteiger partial charge in [-0.05, 0) is 23.9 Å². The lowest BCUT2D eigenvalue weighted by atomic mass is 10.1. The van der Waals surface area contributed by atoms with Gasteiger partial charge in [0.25, 0.3) is 0 Å². The van der Waals surface area contributed by atoms with Crippen LogP contribution in [0.2, 0.25) is 0 Å². The average Bonchev–Trinajstić information content (AvgIpc) is 2.90. The van der Waals surface area contributed by atoms with E-state index in [4.69, 9.17) is 0 Å². The number of nitrogens with one attached hydrogen (secondary N) is 1. The molecule has 1 heterocycles. The molecule has 94 valence electrons. The third-order valence-corrected chi connectivity index (χ3v) is 3.96. The zero-order valence-electron chi connectivity index (χ0n) is 9.97. The molecule has 0 fully saturated rings. The predicted octanol–water partition coefficient (Wildman–Crippen LogP) is 3.74. The highest BCUT2D eigenvalue weighted by molar-refractivity contribution is 9.10. The molecule has 0 aliphatic rings. The van der Waals surface area contributed by atoms with E-state index in [1.807, 2.05) is 54.8 Å². The van der Waals surface area contributed by atoms with Gasteiger partial charge < -0.3 is 5.32 Å². The lowest BCUT2D eigenvalue weighted by Gasteiger charge is -2.19. The molecule has 1 aromatic carbocycles. The smallest absolute Gasteiger partial charge is 0.234 e. The highest BCUT2D eigenvalue weighted by Gasteiger charge is 2.19. The second-order valence-electron chi connectivity index (χ2n) is 3.98. The Bertz CT molecular complexity index is 496. The van der Waals surface area contributed by atoms with Crippen molar-refractivity contribution in [2.75, 3.05) is 0 Å². The highest BCUT2D eigenvalue weighted by atomic mass is 79.9. The minimum atomic E-state index is -0.191. The standard InChI is InChI=1S/C14H14BrNOS/c1-10(15)14(17)16-13(12-8-5-9-18-12)11-6-3-2-4-7-11/h2-10,13H,1H3,(H,16,17). The van der Waals surface area contributed by atoms with E-state index in [0.29, 0.717) is 0 Å². The van der Waals surface area contributed by atoms with E-state index in [1.165, 1.54) is 0 Å². The maximum Gasteiger partial charge on any atom is 0.234 e. The molecule has 0 aliphatic heterocycles. The average molecular weight is 324 g/mol. The molecule has 0 saturated heterocycles. The topological polar surface area (TPSA) is 29.1 Å². The Balaban J connectivity index is 2.27. The van der Waals surface area contributed by atoms with Gasteiger partial charge in [-0.2, -0.15) is 0 Å². The number of halogens is 1. The van der Waals surface area contributed by atoms with Gasteiger partial charge in [0.2, 0.25) is 5.91 Å². The number of rotatable bonds is 4. The van der Waals surface area contributed by atoms with Gasteiger partial charge in [0.1, 0.15) is 0 Å². The molecule has 4 heteroatoms. The zero-order valence-corrected chi connectivity index (χ0v) is 12.4. The van der Waals surface area contributed by atoms with Crippen LogP contribution in [-0.2, 0) is 4.79 Å². The van der Waals surface area contributed by atoms with Gasteiger partial charge in [-0.1, -0.05) is 52.3 Å². The molecule has 0 spiro atoms. The molecule has 2 rings (SSSR count). The minimum absolute atomic E-state index is 0.00254. The van der Waals surface area contributed by atoms with Gasteiger partial charge >= 0.3 is 0 Å². The zero-order chi connectivity index (χ0) is 13.0. The van der Waals surface area contributed by atoms with Crippen molar-refractivity contribution in [2.24, 2.45) is 0 Å². The molecule has 0 saturated carbocycles. The molecule has 2 unspecified atom stereocenters. The van der Waals surface area contributed by atoms with E-state index in [1.54, 1.807) is 11.3 Å². The molecule has 1 amide bonds. The van der Waals surface area contributed by atoms with E-state index in [2.05, 4.69) is 21.2 Å². The SMILES string of the molecule is CC(Br)C(=O)NC(c1ccccc1)c1cccs1. The monoisotopic (exact) mass is 323 g/mol. The van der Waals surface area contributed by atoms with Crippen molar-refractivity contribution in [3.63, 3.8) is 0 Å². The highest BCUT2D eigenvalue weighted by Crippen LogP contribution is 2.26. The van der Waals surface area contributed by atoms with Gasteiger partial charge in [0.05, 0.1) is 10.9 Å². The first kappa shape index (κ1) is 13.3. The van der Waals surface area contributed by atoms with Crippen LogP contribution in [0.3, 0.4) is 0 Å². The van der Waals surface area contributed by atoms with E-state index in [0.717, 1.165) is 10.4 Å². The summed E-state index contributed by atoms with van der Waals surface area (Å²) in [6, 6.07) is 14.0. The fourth-order valence-electron chi connectivity index (χ4n) is 1.68. The Labute approximate surface area is 119 Å². The molecule has 0 bridgehead atoms. The van der Waals surface area contributed by atoms with Crippen LogP contribution in [0.4, 0.5) is 0 Å². The van der Waals surface area contributed by atoms with Crippen molar-refractivity contribution in [3.05, 3.63) is 58.3 Å². The Morgan fingerprint density at radius 2 is 1.94 bits per heavy atom. The summed E-state index contributed by atoms with van der Waals surface area (Å²) in [5.41, 5.74) is 1.10. The lowest BCUT2D eigenvalue weighted by molar-refractivity contribution is -0.120. The van der Waals surface area contributed by atoms with Crippen molar-refractivity contribution in [1.82, 2.24) is 5.32 Å². The number of carbonyl (C=O) groups is 1. The first-order chi connectivity index (χ1) is 8.68. The maximum atomic E-state index is 11.9. The Hall–Kier alpha value is -1.13. The van der Waals surface area contributed by atoms with Crippen LogP contribution in [0.5, 0.6) is 0 Å². The van der Waals surface area contributed by atoms with E-state index in [9.17, 15) is 4.79 Å². The summed E-state index contributed by atoms with van der Waals surface area (Å²) >= 11 is 4.95. The van der Waals surface area contributed by atoms with Gasteiger partial charge in [-0.15, -0.1) is 11.3 Å². The van der Waals surface area contributed by atoms with Crippen molar-refractivity contribution < 1.29 is 4.79 Å². The molecule has 2 nitrogen and oxygen atoms in total. The largest absolute Gasteiger partial charge is 0.343 e.